The second kappa shape index (κ2) is 8.08. The number of para-hydroxylation sites is 2. The molecule has 5 heteroatoms. The first-order chi connectivity index (χ1) is 11.2. The minimum absolute atomic E-state index is 0.245. The summed E-state index contributed by atoms with van der Waals surface area (Å²) >= 11 is 0. The van der Waals surface area contributed by atoms with Crippen LogP contribution in [0.15, 0.2) is 42.5 Å². The highest BCUT2D eigenvalue weighted by Gasteiger charge is 2.11. The Kier molecular flexibility index (Phi) is 5.86. The van der Waals surface area contributed by atoms with Gasteiger partial charge in [0, 0.05) is 5.56 Å². The third kappa shape index (κ3) is 4.39. The largest absolute Gasteiger partial charge is 0.492 e. The van der Waals surface area contributed by atoms with Gasteiger partial charge in [0.1, 0.15) is 11.5 Å². The van der Waals surface area contributed by atoms with E-state index < -0.39 is 0 Å². The van der Waals surface area contributed by atoms with Crippen LogP contribution in [-0.4, -0.2) is 19.1 Å². The molecule has 0 aliphatic heterocycles. The monoisotopic (exact) mass is 314 g/mol. The summed E-state index contributed by atoms with van der Waals surface area (Å²) in [6.07, 6.45) is 0.899. The normalized spacial score (nSPS) is 10.2. The number of anilines is 2. The molecule has 0 saturated heterocycles. The van der Waals surface area contributed by atoms with Gasteiger partial charge in [0.15, 0.2) is 0 Å². The molecule has 0 spiro atoms. The lowest BCUT2D eigenvalue weighted by atomic mass is 10.1. The molecule has 2 aromatic carbocycles. The molecule has 0 aliphatic rings. The molecule has 3 N–H and O–H groups in total. The van der Waals surface area contributed by atoms with Gasteiger partial charge in [0.05, 0.1) is 24.6 Å². The Morgan fingerprint density at radius 2 is 1.87 bits per heavy atom. The van der Waals surface area contributed by atoms with Crippen LogP contribution in [0.4, 0.5) is 11.4 Å². The van der Waals surface area contributed by atoms with Gasteiger partial charge in [-0.15, -0.1) is 0 Å². The van der Waals surface area contributed by atoms with Crippen LogP contribution < -0.4 is 20.5 Å². The Labute approximate surface area is 136 Å². The Hall–Kier alpha value is -2.69. The summed E-state index contributed by atoms with van der Waals surface area (Å²) < 4.78 is 11.0. The Bertz CT molecular complexity index is 671. The fraction of sp³-hybridized carbons (Fsp3) is 0.278. The van der Waals surface area contributed by atoms with Crippen LogP contribution in [0.5, 0.6) is 11.5 Å². The van der Waals surface area contributed by atoms with Gasteiger partial charge in [-0.2, -0.15) is 0 Å². The summed E-state index contributed by atoms with van der Waals surface area (Å²) in [5.74, 6) is 0.989. The highest BCUT2D eigenvalue weighted by Crippen LogP contribution is 2.26. The maximum atomic E-state index is 12.4. The SMILES string of the molecule is CCCOc1ccc(C(=O)Nc2ccccc2OCC)cc1N. The van der Waals surface area contributed by atoms with E-state index in [-0.39, 0.29) is 5.91 Å². The molecule has 5 nitrogen and oxygen atoms in total. The second-order valence-electron chi connectivity index (χ2n) is 4.98. The van der Waals surface area contributed by atoms with Crippen LogP contribution in [-0.2, 0) is 0 Å². The summed E-state index contributed by atoms with van der Waals surface area (Å²) in [6, 6.07) is 12.3. The van der Waals surface area contributed by atoms with Crippen molar-refractivity contribution >= 4 is 17.3 Å². The third-order valence-corrected chi connectivity index (χ3v) is 3.17. The molecule has 1 amide bonds. The topological polar surface area (TPSA) is 73.6 Å². The standard InChI is InChI=1S/C18H22N2O3/c1-3-11-23-16-10-9-13(12-14(16)19)18(21)20-15-7-5-6-8-17(15)22-4-2/h5-10,12H,3-4,11,19H2,1-2H3,(H,20,21). The van der Waals surface area contributed by atoms with Crippen molar-refractivity contribution in [3.8, 4) is 11.5 Å². The van der Waals surface area contributed by atoms with Crippen LogP contribution in [0.25, 0.3) is 0 Å². The Morgan fingerprint density at radius 1 is 1.09 bits per heavy atom. The van der Waals surface area contributed by atoms with Crippen molar-refractivity contribution in [1.82, 2.24) is 0 Å². The zero-order valence-electron chi connectivity index (χ0n) is 13.5. The highest BCUT2D eigenvalue weighted by molar-refractivity contribution is 6.05. The van der Waals surface area contributed by atoms with E-state index in [0.717, 1.165) is 6.42 Å². The summed E-state index contributed by atoms with van der Waals surface area (Å²) in [6.45, 7) is 5.04. The minimum atomic E-state index is -0.245. The summed E-state index contributed by atoms with van der Waals surface area (Å²) in [4.78, 5) is 12.4. The van der Waals surface area contributed by atoms with Gasteiger partial charge in [-0.25, -0.2) is 0 Å². The van der Waals surface area contributed by atoms with Gasteiger partial charge in [-0.1, -0.05) is 19.1 Å². The van der Waals surface area contributed by atoms with Gasteiger partial charge >= 0.3 is 0 Å². The van der Waals surface area contributed by atoms with Crippen molar-refractivity contribution in [3.05, 3.63) is 48.0 Å². The van der Waals surface area contributed by atoms with Gasteiger partial charge in [-0.3, -0.25) is 4.79 Å². The van der Waals surface area contributed by atoms with Crippen LogP contribution in [0, 0.1) is 0 Å². The average Bonchev–Trinajstić information content (AvgIpc) is 2.55. The number of ether oxygens (including phenoxy) is 2. The maximum Gasteiger partial charge on any atom is 0.255 e. The molecular weight excluding hydrogens is 292 g/mol. The number of nitrogens with two attached hydrogens (primary N) is 1. The molecule has 0 atom stereocenters. The van der Waals surface area contributed by atoms with Crippen LogP contribution in [0.2, 0.25) is 0 Å². The molecule has 0 unspecified atom stereocenters. The smallest absolute Gasteiger partial charge is 0.255 e. The number of hydrogen-bond acceptors (Lipinski definition) is 4. The van der Waals surface area contributed by atoms with Crippen LogP contribution in [0.3, 0.4) is 0 Å². The van der Waals surface area contributed by atoms with Gasteiger partial charge in [0.25, 0.3) is 5.91 Å². The van der Waals surface area contributed by atoms with E-state index in [1.54, 1.807) is 24.3 Å². The number of nitrogen functional groups attached to an aromatic ring is 1. The van der Waals surface area contributed by atoms with Gasteiger partial charge in [-0.05, 0) is 43.7 Å². The quantitative estimate of drug-likeness (QED) is 0.764. The summed E-state index contributed by atoms with van der Waals surface area (Å²) in [7, 11) is 0. The molecule has 23 heavy (non-hydrogen) atoms. The zero-order valence-corrected chi connectivity index (χ0v) is 13.5. The maximum absolute atomic E-state index is 12.4. The molecule has 0 aliphatic carbocycles. The van der Waals surface area contributed by atoms with E-state index in [9.17, 15) is 4.79 Å². The fourth-order valence-corrected chi connectivity index (χ4v) is 2.08. The predicted molar refractivity (Wildman–Crippen MR) is 92.2 cm³/mol. The second-order valence-corrected chi connectivity index (χ2v) is 4.98. The lowest BCUT2D eigenvalue weighted by Gasteiger charge is -2.12. The van der Waals surface area contributed by atoms with Crippen molar-refractivity contribution in [1.29, 1.82) is 0 Å². The van der Waals surface area contributed by atoms with Gasteiger partial charge in [0.2, 0.25) is 0 Å². The molecule has 0 radical (unpaired) electrons. The first-order valence-corrected chi connectivity index (χ1v) is 7.71. The van der Waals surface area contributed by atoms with E-state index in [2.05, 4.69) is 5.32 Å². The molecule has 122 valence electrons. The minimum Gasteiger partial charge on any atom is -0.492 e. The van der Waals surface area contributed by atoms with Crippen LogP contribution in [0.1, 0.15) is 30.6 Å². The number of hydrogen-bond donors (Lipinski definition) is 2. The number of amides is 1. The lowest BCUT2D eigenvalue weighted by molar-refractivity contribution is 0.102. The first kappa shape index (κ1) is 16.7. The first-order valence-electron chi connectivity index (χ1n) is 7.71. The Balaban J connectivity index is 2.13. The van der Waals surface area contributed by atoms with E-state index in [4.69, 9.17) is 15.2 Å². The van der Waals surface area contributed by atoms with Crippen LogP contribution >= 0.6 is 0 Å². The lowest BCUT2D eigenvalue weighted by Crippen LogP contribution is -2.13. The number of nitrogens with one attached hydrogen (secondary N) is 1. The zero-order chi connectivity index (χ0) is 16.7. The third-order valence-electron chi connectivity index (χ3n) is 3.17. The molecule has 0 aromatic heterocycles. The Morgan fingerprint density at radius 3 is 2.57 bits per heavy atom. The molecule has 2 rings (SSSR count). The molecular formula is C18H22N2O3. The molecule has 0 heterocycles. The van der Waals surface area contributed by atoms with E-state index in [0.29, 0.717) is 41.7 Å². The van der Waals surface area contributed by atoms with Crippen molar-refractivity contribution in [2.75, 3.05) is 24.3 Å². The number of benzene rings is 2. The molecule has 2 aromatic rings. The number of carbonyl (C=O) groups excluding carboxylic acids is 1. The number of rotatable bonds is 7. The van der Waals surface area contributed by atoms with Crippen molar-refractivity contribution in [2.24, 2.45) is 0 Å². The summed E-state index contributed by atoms with van der Waals surface area (Å²) in [5, 5.41) is 2.84. The fourth-order valence-electron chi connectivity index (χ4n) is 2.08. The molecule has 0 saturated carbocycles. The van der Waals surface area contributed by atoms with Crippen molar-refractivity contribution in [3.63, 3.8) is 0 Å². The summed E-state index contributed by atoms with van der Waals surface area (Å²) in [5.41, 5.74) is 7.49. The van der Waals surface area contributed by atoms with E-state index in [1.165, 1.54) is 0 Å². The average molecular weight is 314 g/mol. The van der Waals surface area contributed by atoms with Crippen molar-refractivity contribution in [2.45, 2.75) is 20.3 Å². The van der Waals surface area contributed by atoms with Crippen molar-refractivity contribution < 1.29 is 14.3 Å². The molecule has 0 fully saturated rings. The van der Waals surface area contributed by atoms with Gasteiger partial charge < -0.3 is 20.5 Å². The molecule has 0 bridgehead atoms. The highest BCUT2D eigenvalue weighted by atomic mass is 16.5. The van der Waals surface area contributed by atoms with E-state index in [1.807, 2.05) is 32.0 Å². The predicted octanol–water partition coefficient (Wildman–Crippen LogP) is 3.71. The van der Waals surface area contributed by atoms with E-state index >= 15 is 0 Å². The number of carbonyl (C=O) groups is 1.